The lowest BCUT2D eigenvalue weighted by Crippen LogP contribution is -2.24. The van der Waals surface area contributed by atoms with E-state index in [1.165, 1.54) is 7.11 Å². The average molecular weight is 420 g/mol. The van der Waals surface area contributed by atoms with Crippen molar-refractivity contribution in [1.29, 1.82) is 0 Å². The molecule has 1 atom stereocenters. The van der Waals surface area contributed by atoms with Crippen LogP contribution < -0.4 is 20.1 Å². The van der Waals surface area contributed by atoms with Crippen LogP contribution in [0.3, 0.4) is 0 Å². The highest BCUT2D eigenvalue weighted by molar-refractivity contribution is 6.04. The molecule has 1 aliphatic rings. The first-order valence-electron chi connectivity index (χ1n) is 10.0. The van der Waals surface area contributed by atoms with E-state index < -0.39 is 6.04 Å². The van der Waals surface area contributed by atoms with Crippen molar-refractivity contribution in [3.8, 4) is 22.6 Å². The van der Waals surface area contributed by atoms with E-state index >= 15 is 0 Å². The topological polar surface area (TPSA) is 94.5 Å². The second-order valence-electron chi connectivity index (χ2n) is 7.16. The highest BCUT2D eigenvalue weighted by atomic mass is 16.5. The number of aryl methyl sites for hydroxylation is 1. The van der Waals surface area contributed by atoms with Gasteiger partial charge in [-0.2, -0.15) is 5.10 Å². The van der Waals surface area contributed by atoms with Crippen molar-refractivity contribution in [2.24, 2.45) is 0 Å². The molecule has 0 spiro atoms. The van der Waals surface area contributed by atoms with Gasteiger partial charge < -0.3 is 20.1 Å². The zero-order chi connectivity index (χ0) is 22.0. The summed E-state index contributed by atoms with van der Waals surface area (Å²) in [4.78, 5) is 25.4. The van der Waals surface area contributed by atoms with Crippen LogP contribution in [0.25, 0.3) is 11.1 Å². The first-order valence-corrected chi connectivity index (χ1v) is 10.0. The fourth-order valence-electron chi connectivity index (χ4n) is 3.75. The Morgan fingerprint density at radius 3 is 2.61 bits per heavy atom. The second kappa shape index (κ2) is 8.51. The molecule has 0 aliphatic carbocycles. The van der Waals surface area contributed by atoms with Crippen molar-refractivity contribution >= 4 is 23.3 Å². The summed E-state index contributed by atoms with van der Waals surface area (Å²) in [5.74, 6) is 1.16. The van der Waals surface area contributed by atoms with E-state index in [0.29, 0.717) is 29.4 Å². The summed E-state index contributed by atoms with van der Waals surface area (Å²) in [5, 5.41) is 10.4. The summed E-state index contributed by atoms with van der Waals surface area (Å²) in [5.41, 5.74) is 3.26. The number of methoxy groups -OCH3 is 2. The van der Waals surface area contributed by atoms with Crippen LogP contribution in [0.5, 0.6) is 11.5 Å². The number of rotatable bonds is 7. The number of aromatic nitrogens is 2. The van der Waals surface area contributed by atoms with Gasteiger partial charge in [0.05, 0.1) is 32.0 Å². The SMILES string of the molecule is CCc1nn2c(c1-c1ccccc1)NC(=O)C2CC(=O)Nc1ccc(OC)cc1OC. The molecule has 2 amide bonds. The van der Waals surface area contributed by atoms with Gasteiger partial charge in [0.1, 0.15) is 23.4 Å². The molecule has 8 nitrogen and oxygen atoms in total. The molecule has 2 aromatic carbocycles. The summed E-state index contributed by atoms with van der Waals surface area (Å²) in [6.45, 7) is 2.02. The summed E-state index contributed by atoms with van der Waals surface area (Å²) in [7, 11) is 3.07. The molecule has 1 aliphatic heterocycles. The van der Waals surface area contributed by atoms with Crippen molar-refractivity contribution in [2.45, 2.75) is 25.8 Å². The molecule has 0 saturated heterocycles. The third kappa shape index (κ3) is 3.84. The van der Waals surface area contributed by atoms with Crippen LogP contribution >= 0.6 is 0 Å². The number of ether oxygens (including phenoxy) is 2. The van der Waals surface area contributed by atoms with Gasteiger partial charge >= 0.3 is 0 Å². The van der Waals surface area contributed by atoms with Gasteiger partial charge in [0.25, 0.3) is 5.91 Å². The summed E-state index contributed by atoms with van der Waals surface area (Å²) < 4.78 is 12.1. The minimum atomic E-state index is -0.720. The molecular formula is C23H24N4O4. The monoisotopic (exact) mass is 420 g/mol. The van der Waals surface area contributed by atoms with Crippen LogP contribution in [-0.4, -0.2) is 35.8 Å². The van der Waals surface area contributed by atoms with E-state index in [1.54, 1.807) is 30.0 Å². The van der Waals surface area contributed by atoms with Crippen molar-refractivity contribution in [2.75, 3.05) is 24.9 Å². The van der Waals surface area contributed by atoms with Crippen LogP contribution in [0.1, 0.15) is 25.1 Å². The van der Waals surface area contributed by atoms with Crippen molar-refractivity contribution in [1.82, 2.24) is 9.78 Å². The maximum absolute atomic E-state index is 12.8. The minimum absolute atomic E-state index is 0.0485. The summed E-state index contributed by atoms with van der Waals surface area (Å²) in [6.07, 6.45) is 0.662. The van der Waals surface area contributed by atoms with Gasteiger partial charge in [0, 0.05) is 11.6 Å². The van der Waals surface area contributed by atoms with E-state index in [-0.39, 0.29) is 18.2 Å². The Kier molecular flexibility index (Phi) is 5.62. The number of hydrogen-bond donors (Lipinski definition) is 2. The van der Waals surface area contributed by atoms with Gasteiger partial charge in [-0.25, -0.2) is 4.68 Å². The number of carbonyl (C=O) groups is 2. The second-order valence-corrected chi connectivity index (χ2v) is 7.16. The quantitative estimate of drug-likeness (QED) is 0.608. The number of hydrogen-bond acceptors (Lipinski definition) is 5. The molecule has 0 radical (unpaired) electrons. The first kappa shape index (κ1) is 20.5. The minimum Gasteiger partial charge on any atom is -0.497 e. The Morgan fingerprint density at radius 2 is 1.94 bits per heavy atom. The van der Waals surface area contributed by atoms with Crippen molar-refractivity contribution < 1.29 is 19.1 Å². The molecule has 8 heteroatoms. The smallest absolute Gasteiger partial charge is 0.251 e. The van der Waals surface area contributed by atoms with Crippen molar-refractivity contribution in [3.63, 3.8) is 0 Å². The molecule has 1 unspecified atom stereocenters. The van der Waals surface area contributed by atoms with Gasteiger partial charge in [-0.3, -0.25) is 9.59 Å². The molecule has 0 fully saturated rings. The van der Waals surface area contributed by atoms with Gasteiger partial charge in [0.2, 0.25) is 5.91 Å². The third-order valence-corrected chi connectivity index (χ3v) is 5.28. The molecular weight excluding hydrogens is 396 g/mol. The molecule has 3 aromatic rings. The Balaban J connectivity index is 1.58. The molecule has 0 saturated carbocycles. The highest BCUT2D eigenvalue weighted by Crippen LogP contribution is 2.39. The predicted octanol–water partition coefficient (Wildman–Crippen LogP) is 3.65. The van der Waals surface area contributed by atoms with Gasteiger partial charge in [0.15, 0.2) is 0 Å². The van der Waals surface area contributed by atoms with E-state index in [9.17, 15) is 9.59 Å². The molecule has 2 heterocycles. The number of nitrogens with one attached hydrogen (secondary N) is 2. The predicted molar refractivity (Wildman–Crippen MR) is 118 cm³/mol. The highest BCUT2D eigenvalue weighted by Gasteiger charge is 2.36. The molecule has 4 rings (SSSR count). The lowest BCUT2D eigenvalue weighted by atomic mass is 10.0. The van der Waals surface area contributed by atoms with Crippen LogP contribution in [0.15, 0.2) is 48.5 Å². The van der Waals surface area contributed by atoms with Crippen LogP contribution in [-0.2, 0) is 16.0 Å². The maximum Gasteiger partial charge on any atom is 0.251 e. The number of nitrogens with zero attached hydrogens (tertiary/aromatic N) is 2. The van der Waals surface area contributed by atoms with Crippen LogP contribution in [0, 0.1) is 0 Å². The van der Waals surface area contributed by atoms with E-state index in [0.717, 1.165) is 16.8 Å². The third-order valence-electron chi connectivity index (χ3n) is 5.28. The lowest BCUT2D eigenvalue weighted by Gasteiger charge is -2.13. The van der Waals surface area contributed by atoms with E-state index in [4.69, 9.17) is 9.47 Å². The number of anilines is 2. The number of carbonyl (C=O) groups excluding carboxylic acids is 2. The maximum atomic E-state index is 12.8. The molecule has 1 aromatic heterocycles. The van der Waals surface area contributed by atoms with Gasteiger partial charge in [-0.05, 0) is 24.1 Å². The van der Waals surface area contributed by atoms with Gasteiger partial charge in [-0.1, -0.05) is 37.3 Å². The normalized spacial score (nSPS) is 14.7. The van der Waals surface area contributed by atoms with Crippen LogP contribution in [0.4, 0.5) is 11.5 Å². The largest absolute Gasteiger partial charge is 0.497 e. The fraction of sp³-hybridized carbons (Fsp3) is 0.261. The fourth-order valence-corrected chi connectivity index (χ4v) is 3.75. The Labute approximate surface area is 180 Å². The zero-order valence-electron chi connectivity index (χ0n) is 17.6. The van der Waals surface area contributed by atoms with Crippen molar-refractivity contribution in [3.05, 3.63) is 54.2 Å². The Hall–Kier alpha value is -3.81. The number of fused-ring (bicyclic) bond motifs is 1. The lowest BCUT2D eigenvalue weighted by molar-refractivity contribution is -0.123. The molecule has 31 heavy (non-hydrogen) atoms. The molecule has 2 N–H and O–H groups in total. The number of amides is 2. The summed E-state index contributed by atoms with van der Waals surface area (Å²) >= 11 is 0. The zero-order valence-corrected chi connectivity index (χ0v) is 17.6. The number of benzene rings is 2. The average Bonchev–Trinajstić information content (AvgIpc) is 3.29. The van der Waals surface area contributed by atoms with E-state index in [2.05, 4.69) is 15.7 Å². The van der Waals surface area contributed by atoms with E-state index in [1.807, 2.05) is 37.3 Å². The van der Waals surface area contributed by atoms with Gasteiger partial charge in [-0.15, -0.1) is 0 Å². The Morgan fingerprint density at radius 1 is 1.16 bits per heavy atom. The molecule has 0 bridgehead atoms. The first-order chi connectivity index (χ1) is 15.0. The summed E-state index contributed by atoms with van der Waals surface area (Å²) in [6, 6.07) is 14.2. The standard InChI is InChI=1S/C23H24N4O4/c1-4-16-21(14-8-6-5-7-9-14)22-25-23(29)18(27(22)26-16)13-20(28)24-17-11-10-15(30-2)12-19(17)31-3/h5-12,18H,4,13H2,1-3H3,(H,24,28)(H,25,29). The molecule has 160 valence electrons. The van der Waals surface area contributed by atoms with Crippen LogP contribution in [0.2, 0.25) is 0 Å². The Bertz CT molecular complexity index is 1120.